The van der Waals surface area contributed by atoms with Crippen LogP contribution in [0, 0.1) is 0 Å². The molecule has 1 aromatic carbocycles. The topological polar surface area (TPSA) is 47.9 Å². The van der Waals surface area contributed by atoms with E-state index in [1.165, 1.54) is 0 Å². The molecule has 4 nitrogen and oxygen atoms in total. The minimum atomic E-state index is -0.617. The molecule has 5 heteroatoms. The Labute approximate surface area is 112 Å². The second-order valence-electron chi connectivity index (χ2n) is 3.81. The third-order valence-electron chi connectivity index (χ3n) is 2.34. The molecule has 0 radical (unpaired) electrons. The molecule has 0 aliphatic rings. The fourth-order valence-electron chi connectivity index (χ4n) is 1.43. The number of hydrogen-bond acceptors (Lipinski definition) is 4. The molecule has 18 heavy (non-hydrogen) atoms. The van der Waals surface area contributed by atoms with E-state index in [1.807, 2.05) is 0 Å². The average Bonchev–Trinajstić information content (AvgIpc) is 2.35. The van der Waals surface area contributed by atoms with Crippen LogP contribution in [0.15, 0.2) is 18.2 Å². The Morgan fingerprint density at radius 1 is 1.22 bits per heavy atom. The summed E-state index contributed by atoms with van der Waals surface area (Å²) in [6.45, 7) is 3.69. The number of benzene rings is 1. The van der Waals surface area contributed by atoms with Gasteiger partial charge in [0.2, 0.25) is 0 Å². The molecule has 1 aromatic rings. The minimum Gasteiger partial charge on any atom is -0.491 e. The maximum Gasteiger partial charge on any atom is 0.125 e. The first kappa shape index (κ1) is 15.2. The summed E-state index contributed by atoms with van der Waals surface area (Å²) in [4.78, 5) is 0. The molecule has 0 saturated heterocycles. The van der Waals surface area contributed by atoms with Gasteiger partial charge in [-0.05, 0) is 25.1 Å². The normalized spacial score (nSPS) is 12.4. The van der Waals surface area contributed by atoms with E-state index < -0.39 is 6.10 Å². The van der Waals surface area contributed by atoms with Gasteiger partial charge in [-0.1, -0.05) is 11.6 Å². The first-order valence-electron chi connectivity index (χ1n) is 5.82. The Bertz CT molecular complexity index is 355. The van der Waals surface area contributed by atoms with Gasteiger partial charge in [0, 0.05) is 17.7 Å². The Hall–Kier alpha value is -0.810. The van der Waals surface area contributed by atoms with E-state index in [0.29, 0.717) is 42.8 Å². The number of methoxy groups -OCH3 is 1. The Balaban J connectivity index is 2.42. The maximum absolute atomic E-state index is 9.62. The lowest BCUT2D eigenvalue weighted by molar-refractivity contribution is 0.0538. The van der Waals surface area contributed by atoms with Crippen molar-refractivity contribution in [3.05, 3.63) is 28.8 Å². The van der Waals surface area contributed by atoms with Crippen LogP contribution in [-0.4, -0.2) is 38.6 Å². The van der Waals surface area contributed by atoms with Gasteiger partial charge in [-0.2, -0.15) is 0 Å². The highest BCUT2D eigenvalue weighted by Crippen LogP contribution is 2.28. The van der Waals surface area contributed by atoms with E-state index in [1.54, 1.807) is 32.2 Å². The van der Waals surface area contributed by atoms with Crippen molar-refractivity contribution in [2.45, 2.75) is 13.0 Å². The second kappa shape index (κ2) is 8.32. The molecular formula is C13H19ClO4. The van der Waals surface area contributed by atoms with Crippen molar-refractivity contribution in [3.63, 3.8) is 0 Å². The van der Waals surface area contributed by atoms with Gasteiger partial charge in [0.1, 0.15) is 12.4 Å². The predicted octanol–water partition coefficient (Wildman–Crippen LogP) is 2.44. The summed E-state index contributed by atoms with van der Waals surface area (Å²) in [7, 11) is 1.63. The first-order valence-corrected chi connectivity index (χ1v) is 6.20. The summed E-state index contributed by atoms with van der Waals surface area (Å²) in [5.41, 5.74) is 0.680. The predicted molar refractivity (Wildman–Crippen MR) is 70.3 cm³/mol. The van der Waals surface area contributed by atoms with E-state index in [2.05, 4.69) is 0 Å². The monoisotopic (exact) mass is 274 g/mol. The van der Waals surface area contributed by atoms with Crippen LogP contribution in [-0.2, 0) is 9.47 Å². The molecule has 0 aliphatic carbocycles. The Morgan fingerprint density at radius 3 is 2.61 bits per heavy atom. The van der Waals surface area contributed by atoms with Crippen LogP contribution in [0.3, 0.4) is 0 Å². The van der Waals surface area contributed by atoms with Gasteiger partial charge in [0.15, 0.2) is 0 Å². The van der Waals surface area contributed by atoms with Gasteiger partial charge in [-0.25, -0.2) is 0 Å². The molecule has 0 saturated carbocycles. The largest absolute Gasteiger partial charge is 0.491 e. The molecule has 0 bridgehead atoms. The van der Waals surface area contributed by atoms with Crippen molar-refractivity contribution in [2.24, 2.45) is 0 Å². The van der Waals surface area contributed by atoms with E-state index in [-0.39, 0.29) is 0 Å². The fraction of sp³-hybridized carbons (Fsp3) is 0.538. The smallest absolute Gasteiger partial charge is 0.125 e. The lowest BCUT2D eigenvalue weighted by Crippen LogP contribution is -2.11. The molecule has 0 fully saturated rings. The van der Waals surface area contributed by atoms with Crippen molar-refractivity contribution in [3.8, 4) is 5.75 Å². The zero-order chi connectivity index (χ0) is 13.4. The summed E-state index contributed by atoms with van der Waals surface area (Å²) in [6, 6.07) is 5.18. The van der Waals surface area contributed by atoms with E-state index in [4.69, 9.17) is 25.8 Å². The van der Waals surface area contributed by atoms with Gasteiger partial charge < -0.3 is 19.3 Å². The lowest BCUT2D eigenvalue weighted by atomic mass is 10.1. The van der Waals surface area contributed by atoms with Crippen LogP contribution in [0.25, 0.3) is 0 Å². The quantitative estimate of drug-likeness (QED) is 0.740. The zero-order valence-corrected chi connectivity index (χ0v) is 11.4. The molecule has 1 atom stereocenters. The second-order valence-corrected chi connectivity index (χ2v) is 4.25. The molecular weight excluding hydrogens is 256 g/mol. The highest BCUT2D eigenvalue weighted by molar-refractivity contribution is 6.30. The number of rotatable bonds is 8. The number of aliphatic hydroxyl groups is 1. The first-order chi connectivity index (χ1) is 8.65. The molecule has 0 spiro atoms. The maximum atomic E-state index is 9.62. The van der Waals surface area contributed by atoms with Gasteiger partial charge in [-0.15, -0.1) is 0 Å². The van der Waals surface area contributed by atoms with Gasteiger partial charge in [-0.3, -0.25) is 0 Å². The van der Waals surface area contributed by atoms with Crippen molar-refractivity contribution < 1.29 is 19.3 Å². The van der Waals surface area contributed by atoms with E-state index in [9.17, 15) is 5.11 Å². The third-order valence-corrected chi connectivity index (χ3v) is 2.57. The lowest BCUT2D eigenvalue weighted by Gasteiger charge is -2.13. The van der Waals surface area contributed by atoms with Crippen molar-refractivity contribution in [1.82, 2.24) is 0 Å². The van der Waals surface area contributed by atoms with Crippen LogP contribution < -0.4 is 4.74 Å². The molecule has 1 rings (SSSR count). The molecule has 102 valence electrons. The molecule has 0 amide bonds. The number of halogens is 1. The number of ether oxygens (including phenoxy) is 3. The van der Waals surface area contributed by atoms with E-state index >= 15 is 0 Å². The van der Waals surface area contributed by atoms with E-state index in [0.717, 1.165) is 0 Å². The standard InChI is InChI=1S/C13H19ClO4/c1-10(15)12-9-11(14)3-4-13(12)18-8-7-17-6-5-16-2/h3-4,9-10,15H,5-8H2,1-2H3/t10-/m1/s1. The summed E-state index contributed by atoms with van der Waals surface area (Å²) in [6.07, 6.45) is -0.617. The highest BCUT2D eigenvalue weighted by Gasteiger charge is 2.09. The Morgan fingerprint density at radius 2 is 1.94 bits per heavy atom. The van der Waals surface area contributed by atoms with Crippen LogP contribution in [0.4, 0.5) is 0 Å². The fourth-order valence-corrected chi connectivity index (χ4v) is 1.61. The van der Waals surface area contributed by atoms with Crippen LogP contribution in [0.1, 0.15) is 18.6 Å². The van der Waals surface area contributed by atoms with Crippen molar-refractivity contribution in [1.29, 1.82) is 0 Å². The molecule has 0 aliphatic heterocycles. The van der Waals surface area contributed by atoms with Crippen molar-refractivity contribution in [2.75, 3.05) is 33.5 Å². The summed E-state index contributed by atoms with van der Waals surface area (Å²) in [5.74, 6) is 0.629. The summed E-state index contributed by atoms with van der Waals surface area (Å²) in [5, 5.41) is 10.2. The summed E-state index contributed by atoms with van der Waals surface area (Å²) >= 11 is 5.87. The molecule has 0 unspecified atom stereocenters. The van der Waals surface area contributed by atoms with Crippen LogP contribution in [0.2, 0.25) is 5.02 Å². The molecule has 0 heterocycles. The van der Waals surface area contributed by atoms with Gasteiger partial charge in [0.05, 0.1) is 25.9 Å². The third kappa shape index (κ3) is 5.23. The number of hydrogen-bond donors (Lipinski definition) is 1. The average molecular weight is 275 g/mol. The molecule has 0 aromatic heterocycles. The van der Waals surface area contributed by atoms with Gasteiger partial charge >= 0.3 is 0 Å². The Kier molecular flexibility index (Phi) is 7.05. The van der Waals surface area contributed by atoms with Crippen molar-refractivity contribution >= 4 is 11.6 Å². The van der Waals surface area contributed by atoms with Crippen LogP contribution in [0.5, 0.6) is 5.75 Å². The van der Waals surface area contributed by atoms with Gasteiger partial charge in [0.25, 0.3) is 0 Å². The van der Waals surface area contributed by atoms with Crippen LogP contribution >= 0.6 is 11.6 Å². The number of aliphatic hydroxyl groups excluding tert-OH is 1. The zero-order valence-electron chi connectivity index (χ0n) is 10.7. The summed E-state index contributed by atoms with van der Waals surface area (Å²) < 4.78 is 15.7. The minimum absolute atomic E-state index is 0.422. The highest BCUT2D eigenvalue weighted by atomic mass is 35.5. The molecule has 1 N–H and O–H groups in total. The SMILES string of the molecule is COCCOCCOc1ccc(Cl)cc1[C@@H](C)O.